The number of aryl methyl sites for hydroxylation is 2. The molecule has 1 heterocycles. The van der Waals surface area contributed by atoms with Crippen molar-refractivity contribution in [3.8, 4) is 5.75 Å². The molecule has 0 atom stereocenters. The minimum atomic E-state index is -0.504. The predicted molar refractivity (Wildman–Crippen MR) is 112 cm³/mol. The SMILES string of the molecule is CCOc1c(/C(C)=C/C(=O)Nc2cccc([N+](=O)[O-])c2)cc2c(C)coc2c1C. The van der Waals surface area contributed by atoms with Gasteiger partial charge in [-0.15, -0.1) is 0 Å². The van der Waals surface area contributed by atoms with Crippen LogP contribution >= 0.6 is 0 Å². The van der Waals surface area contributed by atoms with Crippen LogP contribution in [0.15, 0.2) is 47.1 Å². The van der Waals surface area contributed by atoms with E-state index in [9.17, 15) is 14.9 Å². The summed E-state index contributed by atoms with van der Waals surface area (Å²) in [7, 11) is 0. The Kier molecular flexibility index (Phi) is 5.68. The van der Waals surface area contributed by atoms with Crippen LogP contribution in [-0.4, -0.2) is 17.4 Å². The van der Waals surface area contributed by atoms with Crippen molar-refractivity contribution in [3.63, 3.8) is 0 Å². The number of anilines is 1. The maximum Gasteiger partial charge on any atom is 0.271 e. The second kappa shape index (κ2) is 8.18. The van der Waals surface area contributed by atoms with Crippen molar-refractivity contribution in [3.05, 3.63) is 69.5 Å². The van der Waals surface area contributed by atoms with Gasteiger partial charge in [-0.25, -0.2) is 0 Å². The number of fused-ring (bicyclic) bond motifs is 1. The van der Waals surface area contributed by atoms with Gasteiger partial charge in [-0.3, -0.25) is 14.9 Å². The largest absolute Gasteiger partial charge is 0.493 e. The fraction of sp³-hybridized carbons (Fsp3) is 0.227. The first-order valence-electron chi connectivity index (χ1n) is 9.20. The minimum absolute atomic E-state index is 0.0846. The molecule has 3 aromatic rings. The molecule has 29 heavy (non-hydrogen) atoms. The smallest absolute Gasteiger partial charge is 0.271 e. The zero-order chi connectivity index (χ0) is 21.1. The minimum Gasteiger partial charge on any atom is -0.493 e. The molecule has 0 unspecified atom stereocenters. The van der Waals surface area contributed by atoms with Crippen molar-refractivity contribution in [1.29, 1.82) is 0 Å². The lowest BCUT2D eigenvalue weighted by atomic mass is 9.98. The van der Waals surface area contributed by atoms with E-state index in [0.717, 1.165) is 27.7 Å². The van der Waals surface area contributed by atoms with Gasteiger partial charge in [-0.2, -0.15) is 0 Å². The van der Waals surface area contributed by atoms with Crippen molar-refractivity contribution in [2.75, 3.05) is 11.9 Å². The van der Waals surface area contributed by atoms with Crippen molar-refractivity contribution in [2.24, 2.45) is 0 Å². The van der Waals surface area contributed by atoms with Gasteiger partial charge in [0.2, 0.25) is 5.91 Å². The zero-order valence-electron chi connectivity index (χ0n) is 16.7. The maximum absolute atomic E-state index is 12.5. The number of nitro groups is 1. The molecule has 0 spiro atoms. The molecule has 7 heteroatoms. The van der Waals surface area contributed by atoms with Gasteiger partial charge in [0.1, 0.15) is 11.3 Å². The first kappa shape index (κ1) is 20.1. The van der Waals surface area contributed by atoms with Gasteiger partial charge in [0.15, 0.2) is 0 Å². The molecule has 7 nitrogen and oxygen atoms in total. The summed E-state index contributed by atoms with van der Waals surface area (Å²) in [5.74, 6) is 0.290. The van der Waals surface area contributed by atoms with Crippen molar-refractivity contribution >= 4 is 33.8 Å². The molecule has 0 saturated heterocycles. The van der Waals surface area contributed by atoms with Crippen LogP contribution in [0.2, 0.25) is 0 Å². The van der Waals surface area contributed by atoms with Gasteiger partial charge in [0.25, 0.3) is 5.69 Å². The third-order valence-corrected chi connectivity index (χ3v) is 4.62. The summed E-state index contributed by atoms with van der Waals surface area (Å²) in [5.41, 5.74) is 4.43. The first-order valence-corrected chi connectivity index (χ1v) is 9.20. The van der Waals surface area contributed by atoms with Crippen molar-refractivity contribution in [1.82, 2.24) is 0 Å². The Labute approximate surface area is 168 Å². The van der Waals surface area contributed by atoms with E-state index in [1.165, 1.54) is 24.3 Å². The van der Waals surface area contributed by atoms with Crippen molar-refractivity contribution in [2.45, 2.75) is 27.7 Å². The molecular formula is C22H22N2O5. The van der Waals surface area contributed by atoms with Crippen LogP contribution in [0.4, 0.5) is 11.4 Å². The zero-order valence-corrected chi connectivity index (χ0v) is 16.7. The molecule has 0 bridgehead atoms. The number of benzene rings is 2. The number of ether oxygens (including phenoxy) is 1. The molecule has 0 aliphatic carbocycles. The summed E-state index contributed by atoms with van der Waals surface area (Å²) >= 11 is 0. The number of carbonyl (C=O) groups excluding carboxylic acids is 1. The van der Waals surface area contributed by atoms with E-state index in [0.29, 0.717) is 23.6 Å². The monoisotopic (exact) mass is 394 g/mol. The Morgan fingerprint density at radius 1 is 1.31 bits per heavy atom. The van der Waals surface area contributed by atoms with E-state index in [4.69, 9.17) is 9.15 Å². The molecule has 0 radical (unpaired) electrons. The highest BCUT2D eigenvalue weighted by molar-refractivity contribution is 6.05. The van der Waals surface area contributed by atoms with Gasteiger partial charge in [0.05, 0.1) is 17.8 Å². The fourth-order valence-electron chi connectivity index (χ4n) is 3.21. The Morgan fingerprint density at radius 3 is 2.76 bits per heavy atom. The van der Waals surface area contributed by atoms with E-state index in [-0.39, 0.29) is 11.6 Å². The van der Waals surface area contributed by atoms with Gasteiger partial charge in [-0.1, -0.05) is 6.07 Å². The summed E-state index contributed by atoms with van der Waals surface area (Å²) < 4.78 is 11.5. The Balaban J connectivity index is 1.96. The predicted octanol–water partition coefficient (Wildman–Crippen LogP) is 5.40. The van der Waals surface area contributed by atoms with E-state index in [1.54, 1.807) is 12.3 Å². The molecule has 1 N–H and O–H groups in total. The third-order valence-electron chi connectivity index (χ3n) is 4.62. The van der Waals surface area contributed by atoms with Gasteiger partial charge >= 0.3 is 0 Å². The highest BCUT2D eigenvalue weighted by atomic mass is 16.6. The molecule has 0 saturated carbocycles. The summed E-state index contributed by atoms with van der Waals surface area (Å²) in [6, 6.07) is 7.77. The number of nitrogens with zero attached hydrogens (tertiary/aromatic N) is 1. The Hall–Kier alpha value is -3.61. The topological polar surface area (TPSA) is 94.6 Å². The third kappa shape index (κ3) is 4.13. The fourth-order valence-corrected chi connectivity index (χ4v) is 3.21. The molecule has 0 aliphatic heterocycles. The molecular weight excluding hydrogens is 372 g/mol. The molecule has 150 valence electrons. The van der Waals surface area contributed by atoms with Crippen LogP contribution in [-0.2, 0) is 4.79 Å². The second-order valence-electron chi connectivity index (χ2n) is 6.73. The van der Waals surface area contributed by atoms with Gasteiger partial charge in [0, 0.05) is 40.4 Å². The number of non-ortho nitro benzene ring substituents is 1. The number of carbonyl (C=O) groups is 1. The van der Waals surface area contributed by atoms with E-state index < -0.39 is 4.92 Å². The summed E-state index contributed by atoms with van der Waals surface area (Å²) in [6.45, 7) is 8.09. The maximum atomic E-state index is 12.5. The quantitative estimate of drug-likeness (QED) is 0.343. The number of hydrogen-bond acceptors (Lipinski definition) is 5. The summed E-state index contributed by atoms with van der Waals surface area (Å²) in [6.07, 6.45) is 3.16. The molecule has 1 amide bonds. The Morgan fingerprint density at radius 2 is 2.07 bits per heavy atom. The number of hydrogen-bond donors (Lipinski definition) is 1. The van der Waals surface area contributed by atoms with Crippen LogP contribution in [0.3, 0.4) is 0 Å². The summed E-state index contributed by atoms with van der Waals surface area (Å²) in [4.78, 5) is 22.9. The number of amides is 1. The lowest BCUT2D eigenvalue weighted by Gasteiger charge is -2.14. The van der Waals surface area contributed by atoms with Gasteiger partial charge < -0.3 is 14.5 Å². The van der Waals surface area contributed by atoms with Crippen LogP contribution in [0.5, 0.6) is 5.75 Å². The van der Waals surface area contributed by atoms with Crippen LogP contribution < -0.4 is 10.1 Å². The second-order valence-corrected chi connectivity index (χ2v) is 6.73. The highest BCUT2D eigenvalue weighted by Crippen LogP contribution is 2.37. The normalized spacial score (nSPS) is 11.5. The number of furan rings is 1. The summed E-state index contributed by atoms with van der Waals surface area (Å²) in [5, 5.41) is 14.5. The molecule has 3 rings (SSSR count). The van der Waals surface area contributed by atoms with Crippen LogP contribution in [0.25, 0.3) is 16.5 Å². The molecule has 1 aromatic heterocycles. The number of rotatable bonds is 6. The van der Waals surface area contributed by atoms with Crippen LogP contribution in [0.1, 0.15) is 30.5 Å². The average Bonchev–Trinajstić information content (AvgIpc) is 3.05. The van der Waals surface area contributed by atoms with E-state index in [2.05, 4.69) is 5.32 Å². The van der Waals surface area contributed by atoms with Crippen molar-refractivity contribution < 1.29 is 18.9 Å². The standard InChI is InChI=1S/C22H22N2O5/c1-5-28-21-15(4)22-19(14(3)12-29-22)11-18(21)13(2)9-20(25)23-16-7-6-8-17(10-16)24(26)27/h6-12H,5H2,1-4H3,(H,23,25)/b13-9+. The lowest BCUT2D eigenvalue weighted by Crippen LogP contribution is -2.09. The van der Waals surface area contributed by atoms with Gasteiger partial charge in [-0.05, 0) is 51.0 Å². The molecule has 0 fully saturated rings. The number of nitro benzene ring substituents is 1. The highest BCUT2D eigenvalue weighted by Gasteiger charge is 2.17. The van der Waals surface area contributed by atoms with Crippen LogP contribution in [0, 0.1) is 24.0 Å². The Bertz CT molecular complexity index is 1130. The first-order chi connectivity index (χ1) is 13.8. The lowest BCUT2D eigenvalue weighted by molar-refractivity contribution is -0.384. The molecule has 0 aliphatic rings. The number of allylic oxidation sites excluding steroid dienone is 1. The average molecular weight is 394 g/mol. The van der Waals surface area contributed by atoms with E-state index >= 15 is 0 Å². The number of nitrogens with one attached hydrogen (secondary N) is 1. The molecule has 2 aromatic carbocycles. The van der Waals surface area contributed by atoms with E-state index in [1.807, 2.05) is 33.8 Å².